The third-order valence-corrected chi connectivity index (χ3v) is 3.56. The summed E-state index contributed by atoms with van der Waals surface area (Å²) in [4.78, 5) is 18.1. The van der Waals surface area contributed by atoms with Gasteiger partial charge in [-0.2, -0.15) is 0 Å². The van der Waals surface area contributed by atoms with E-state index in [1.54, 1.807) is 4.90 Å². The smallest absolute Gasteiger partial charge is 0.320 e. The van der Waals surface area contributed by atoms with E-state index in [-0.39, 0.29) is 6.03 Å². The molecule has 0 N–H and O–H groups in total. The summed E-state index contributed by atoms with van der Waals surface area (Å²) in [5, 5.41) is 0. The number of urea groups is 1. The van der Waals surface area contributed by atoms with Gasteiger partial charge in [-0.1, -0.05) is 0 Å². The van der Waals surface area contributed by atoms with Crippen LogP contribution in [-0.2, 0) is 0 Å². The van der Waals surface area contributed by atoms with Crippen LogP contribution in [0, 0.1) is 0 Å². The van der Waals surface area contributed by atoms with Crippen LogP contribution in [-0.4, -0.2) is 66.0 Å². The lowest BCUT2D eigenvalue weighted by Gasteiger charge is -2.57. The standard InChI is InChI=1S/C11H21N3O/c1-8(2)13-6-9-5-10(7-13)14(9)11(15)12(3)4/h8-10H,5-7H2,1-4H3. The van der Waals surface area contributed by atoms with E-state index in [0.29, 0.717) is 18.1 Å². The molecule has 2 bridgehead atoms. The van der Waals surface area contributed by atoms with E-state index in [1.165, 1.54) is 6.42 Å². The highest BCUT2D eigenvalue weighted by Crippen LogP contribution is 2.33. The first-order valence-electron chi connectivity index (χ1n) is 5.74. The van der Waals surface area contributed by atoms with Crippen molar-refractivity contribution in [3.8, 4) is 0 Å². The van der Waals surface area contributed by atoms with Crippen LogP contribution in [0.25, 0.3) is 0 Å². The monoisotopic (exact) mass is 211 g/mol. The van der Waals surface area contributed by atoms with Crippen molar-refractivity contribution in [2.75, 3.05) is 27.2 Å². The molecule has 0 saturated carbocycles. The Balaban J connectivity index is 1.97. The second-order valence-electron chi connectivity index (χ2n) is 5.18. The number of fused-ring (bicyclic) bond motifs is 2. The van der Waals surface area contributed by atoms with Crippen molar-refractivity contribution < 1.29 is 4.79 Å². The van der Waals surface area contributed by atoms with Crippen molar-refractivity contribution in [3.05, 3.63) is 0 Å². The fraction of sp³-hybridized carbons (Fsp3) is 0.909. The van der Waals surface area contributed by atoms with Gasteiger partial charge < -0.3 is 9.80 Å². The van der Waals surface area contributed by atoms with Crippen LogP contribution < -0.4 is 0 Å². The summed E-state index contributed by atoms with van der Waals surface area (Å²) in [6, 6.07) is 1.70. The number of piperidine rings is 1. The van der Waals surface area contributed by atoms with Gasteiger partial charge in [-0.05, 0) is 20.3 Å². The SMILES string of the molecule is CC(C)N1CC2CC(C1)N2C(=O)N(C)C. The highest BCUT2D eigenvalue weighted by Gasteiger charge is 2.47. The fourth-order valence-electron chi connectivity index (χ4n) is 2.61. The van der Waals surface area contributed by atoms with E-state index in [0.717, 1.165) is 13.1 Å². The summed E-state index contributed by atoms with van der Waals surface area (Å²) < 4.78 is 0. The fourth-order valence-corrected chi connectivity index (χ4v) is 2.61. The molecule has 0 radical (unpaired) electrons. The minimum absolute atomic E-state index is 0.180. The summed E-state index contributed by atoms with van der Waals surface area (Å²) in [6.45, 7) is 6.55. The molecule has 0 aromatic heterocycles. The molecular formula is C11H21N3O. The first kappa shape index (κ1) is 10.7. The van der Waals surface area contributed by atoms with Gasteiger partial charge in [0, 0.05) is 45.3 Å². The molecule has 86 valence electrons. The molecule has 2 amide bonds. The molecule has 2 unspecified atom stereocenters. The summed E-state index contributed by atoms with van der Waals surface area (Å²) >= 11 is 0. The summed E-state index contributed by atoms with van der Waals surface area (Å²) in [5.41, 5.74) is 0. The number of nitrogens with zero attached hydrogens (tertiary/aromatic N) is 3. The average Bonchev–Trinajstić information content (AvgIpc) is 2.17. The summed E-state index contributed by atoms with van der Waals surface area (Å²) in [6.07, 6.45) is 1.20. The molecule has 0 aromatic carbocycles. The molecule has 3 heterocycles. The Morgan fingerprint density at radius 2 is 1.80 bits per heavy atom. The van der Waals surface area contributed by atoms with Crippen LogP contribution in [0.3, 0.4) is 0 Å². The van der Waals surface area contributed by atoms with Crippen molar-refractivity contribution in [1.82, 2.24) is 14.7 Å². The summed E-state index contributed by atoms with van der Waals surface area (Å²) in [5.74, 6) is 0. The summed E-state index contributed by atoms with van der Waals surface area (Å²) in [7, 11) is 3.66. The third-order valence-electron chi connectivity index (χ3n) is 3.56. The first-order valence-corrected chi connectivity index (χ1v) is 5.74. The number of amides is 2. The Morgan fingerprint density at radius 3 is 2.20 bits per heavy atom. The quantitative estimate of drug-likeness (QED) is 0.642. The molecule has 3 saturated heterocycles. The molecule has 3 fully saturated rings. The van der Waals surface area contributed by atoms with Gasteiger partial charge in [-0.15, -0.1) is 0 Å². The zero-order chi connectivity index (χ0) is 11.2. The molecule has 3 aliphatic heterocycles. The van der Waals surface area contributed by atoms with E-state index in [9.17, 15) is 4.79 Å². The van der Waals surface area contributed by atoms with Crippen molar-refractivity contribution in [3.63, 3.8) is 0 Å². The number of rotatable bonds is 1. The molecule has 2 atom stereocenters. The lowest BCUT2D eigenvalue weighted by atomic mass is 9.87. The van der Waals surface area contributed by atoms with E-state index >= 15 is 0 Å². The molecule has 3 rings (SSSR count). The van der Waals surface area contributed by atoms with Crippen LogP contribution in [0.15, 0.2) is 0 Å². The molecule has 15 heavy (non-hydrogen) atoms. The van der Waals surface area contributed by atoms with Gasteiger partial charge in [-0.25, -0.2) is 4.79 Å². The van der Waals surface area contributed by atoms with E-state index < -0.39 is 0 Å². The molecular weight excluding hydrogens is 190 g/mol. The molecule has 4 nitrogen and oxygen atoms in total. The van der Waals surface area contributed by atoms with Crippen LogP contribution in [0.1, 0.15) is 20.3 Å². The minimum Gasteiger partial charge on any atom is -0.331 e. The number of carbonyl (C=O) groups is 1. The van der Waals surface area contributed by atoms with Crippen molar-refractivity contribution >= 4 is 6.03 Å². The first-order chi connectivity index (χ1) is 7.00. The Hall–Kier alpha value is -0.770. The normalized spacial score (nSPS) is 30.3. The van der Waals surface area contributed by atoms with E-state index in [1.807, 2.05) is 14.1 Å². The van der Waals surface area contributed by atoms with Gasteiger partial charge >= 0.3 is 6.03 Å². The molecule has 4 heteroatoms. The molecule has 3 aliphatic rings. The third kappa shape index (κ3) is 1.71. The Morgan fingerprint density at radius 1 is 1.27 bits per heavy atom. The second kappa shape index (κ2) is 3.67. The zero-order valence-electron chi connectivity index (χ0n) is 10.1. The maximum absolute atomic E-state index is 11.8. The van der Waals surface area contributed by atoms with Gasteiger partial charge in [-0.3, -0.25) is 4.90 Å². The largest absolute Gasteiger partial charge is 0.331 e. The number of hydrogen-bond acceptors (Lipinski definition) is 2. The van der Waals surface area contributed by atoms with Gasteiger partial charge in [0.25, 0.3) is 0 Å². The predicted molar refractivity (Wildman–Crippen MR) is 59.8 cm³/mol. The maximum Gasteiger partial charge on any atom is 0.320 e. The molecule has 0 aliphatic carbocycles. The van der Waals surface area contributed by atoms with Crippen molar-refractivity contribution in [2.45, 2.75) is 38.4 Å². The average molecular weight is 211 g/mol. The highest BCUT2D eigenvalue weighted by atomic mass is 16.2. The van der Waals surface area contributed by atoms with Gasteiger partial charge in [0.15, 0.2) is 0 Å². The zero-order valence-corrected chi connectivity index (χ0v) is 10.1. The molecule has 0 spiro atoms. The number of piperazine rings is 1. The number of hydrogen-bond donors (Lipinski definition) is 0. The van der Waals surface area contributed by atoms with E-state index in [4.69, 9.17) is 0 Å². The maximum atomic E-state index is 11.8. The van der Waals surface area contributed by atoms with E-state index in [2.05, 4.69) is 23.6 Å². The highest BCUT2D eigenvalue weighted by molar-refractivity contribution is 5.75. The van der Waals surface area contributed by atoms with Gasteiger partial charge in [0.1, 0.15) is 0 Å². The Kier molecular flexibility index (Phi) is 2.63. The lowest BCUT2D eigenvalue weighted by Crippen LogP contribution is -2.72. The number of carbonyl (C=O) groups excluding carboxylic acids is 1. The van der Waals surface area contributed by atoms with Crippen LogP contribution in [0.2, 0.25) is 0 Å². The Bertz CT molecular complexity index is 253. The van der Waals surface area contributed by atoms with Crippen molar-refractivity contribution in [2.24, 2.45) is 0 Å². The molecule has 0 aromatic rings. The lowest BCUT2D eigenvalue weighted by molar-refractivity contribution is -0.0527. The van der Waals surface area contributed by atoms with Crippen LogP contribution >= 0.6 is 0 Å². The van der Waals surface area contributed by atoms with Gasteiger partial charge in [0.2, 0.25) is 0 Å². The van der Waals surface area contributed by atoms with Gasteiger partial charge in [0.05, 0.1) is 0 Å². The van der Waals surface area contributed by atoms with Crippen LogP contribution in [0.5, 0.6) is 0 Å². The predicted octanol–water partition coefficient (Wildman–Crippen LogP) is 0.835. The topological polar surface area (TPSA) is 26.8 Å². The van der Waals surface area contributed by atoms with Crippen LogP contribution in [0.4, 0.5) is 4.79 Å². The Labute approximate surface area is 91.8 Å². The second-order valence-corrected chi connectivity index (χ2v) is 5.18. The minimum atomic E-state index is 0.180. The van der Waals surface area contributed by atoms with Crippen molar-refractivity contribution in [1.29, 1.82) is 0 Å².